The van der Waals surface area contributed by atoms with E-state index in [4.69, 9.17) is 0 Å². The monoisotopic (exact) mass is 775 g/mol. The molecule has 0 atom stereocenters. The predicted octanol–water partition coefficient (Wildman–Crippen LogP) is 15.3. The van der Waals surface area contributed by atoms with Crippen LogP contribution in [0.25, 0.3) is 0 Å². The van der Waals surface area contributed by atoms with Gasteiger partial charge in [-0.2, -0.15) is 13.2 Å². The van der Waals surface area contributed by atoms with E-state index in [-0.39, 0.29) is 16.2 Å². The van der Waals surface area contributed by atoms with Crippen LogP contribution in [0.15, 0.2) is 65.6 Å². The van der Waals surface area contributed by atoms with Gasteiger partial charge < -0.3 is 0 Å². The van der Waals surface area contributed by atoms with Crippen LogP contribution in [0.5, 0.6) is 0 Å². The molecule has 0 heterocycles. The first kappa shape index (κ1) is 51.4. The summed E-state index contributed by atoms with van der Waals surface area (Å²) in [6.45, 7) is 36.3. The molecular weight excluding hydrogens is 698 g/mol. The molecule has 0 N–H and O–H groups in total. The minimum Gasteiger partial charge on any atom is -0.224 e. The summed E-state index contributed by atoms with van der Waals surface area (Å²) in [5.41, 5.74) is 6.95. The number of alkyl halides is 3. The van der Waals surface area contributed by atoms with Crippen molar-refractivity contribution in [3.63, 3.8) is 0 Å². The molecule has 0 radical (unpaired) electrons. The maximum absolute atomic E-state index is 12.5. The first-order valence-electron chi connectivity index (χ1n) is 19.9. The van der Waals surface area contributed by atoms with E-state index in [1.807, 2.05) is 41.5 Å². The van der Waals surface area contributed by atoms with E-state index in [2.05, 4.69) is 87.4 Å². The highest BCUT2D eigenvalue weighted by Gasteiger charge is 2.32. The summed E-state index contributed by atoms with van der Waals surface area (Å²) < 4.78 is 59.5. The van der Waals surface area contributed by atoms with E-state index in [0.717, 1.165) is 17.0 Å². The molecule has 2 nitrogen and oxygen atoms in total. The Morgan fingerprint density at radius 2 is 0.981 bits per heavy atom. The second-order valence-corrected chi connectivity index (χ2v) is 21.0. The zero-order valence-electron chi connectivity index (χ0n) is 37.5. The number of sulfone groups is 1. The fourth-order valence-corrected chi connectivity index (χ4v) is 6.84. The highest BCUT2D eigenvalue weighted by atomic mass is 32.2. The van der Waals surface area contributed by atoms with Gasteiger partial charge in [-0.1, -0.05) is 170 Å². The molecule has 6 heteroatoms. The van der Waals surface area contributed by atoms with Gasteiger partial charge in [0.1, 0.15) is 0 Å². The number of hydrogen-bond donors (Lipinski definition) is 0. The van der Waals surface area contributed by atoms with Crippen molar-refractivity contribution < 1.29 is 21.6 Å². The molecule has 0 amide bonds. The molecule has 4 rings (SSSR count). The molecule has 54 heavy (non-hydrogen) atoms. The molecular formula is C48H77F3O2S. The smallest absolute Gasteiger partial charge is 0.224 e. The van der Waals surface area contributed by atoms with E-state index >= 15 is 0 Å². The average molecular weight is 775 g/mol. The maximum Gasteiger partial charge on any atom is 0.416 e. The number of hydrogen-bond acceptors (Lipinski definition) is 2. The van der Waals surface area contributed by atoms with Crippen molar-refractivity contribution >= 4 is 9.84 Å². The SMILES string of the molecule is CC.CC(C)(C)C1CCCCCC1.Cc1cc(C(C)(C)C)cc(C(F)(F)F)c1.Cc1ccc(C(C)(C)C)cc1C(C)(C)C.Cc1ccc(S(C)(=O)=O)cc1. The predicted molar refractivity (Wildman–Crippen MR) is 230 cm³/mol. The molecule has 1 fully saturated rings. The topological polar surface area (TPSA) is 34.1 Å². The van der Waals surface area contributed by atoms with Crippen molar-refractivity contribution in [2.24, 2.45) is 11.3 Å². The molecule has 0 saturated heterocycles. The molecule has 1 aliphatic rings. The lowest BCUT2D eigenvalue weighted by Crippen LogP contribution is -2.19. The van der Waals surface area contributed by atoms with Crippen molar-refractivity contribution in [1.82, 2.24) is 0 Å². The first-order valence-corrected chi connectivity index (χ1v) is 21.8. The quantitative estimate of drug-likeness (QED) is 0.231. The highest BCUT2D eigenvalue weighted by Crippen LogP contribution is 2.37. The molecule has 1 saturated carbocycles. The van der Waals surface area contributed by atoms with Crippen molar-refractivity contribution in [1.29, 1.82) is 0 Å². The van der Waals surface area contributed by atoms with E-state index in [9.17, 15) is 21.6 Å². The highest BCUT2D eigenvalue weighted by molar-refractivity contribution is 7.90. The summed E-state index contributed by atoms with van der Waals surface area (Å²) in [7, 11) is -3.02. The largest absolute Gasteiger partial charge is 0.416 e. The van der Waals surface area contributed by atoms with Crippen LogP contribution in [0.4, 0.5) is 13.2 Å². The Morgan fingerprint density at radius 3 is 1.35 bits per heavy atom. The Hall–Kier alpha value is -2.60. The molecule has 0 aliphatic heterocycles. The minimum absolute atomic E-state index is 0.241. The molecule has 308 valence electrons. The zero-order chi connectivity index (χ0) is 42.5. The molecule has 0 unspecified atom stereocenters. The average Bonchev–Trinajstić information content (AvgIpc) is 3.31. The van der Waals surface area contributed by atoms with Gasteiger partial charge in [-0.3, -0.25) is 0 Å². The number of halogens is 3. The summed E-state index contributed by atoms with van der Waals surface area (Å²) >= 11 is 0. The van der Waals surface area contributed by atoms with E-state index in [1.54, 1.807) is 37.3 Å². The Morgan fingerprint density at radius 1 is 0.537 bits per heavy atom. The van der Waals surface area contributed by atoms with Gasteiger partial charge in [-0.05, 0) is 108 Å². The fraction of sp³-hybridized carbons (Fsp3) is 0.625. The third-order valence-corrected chi connectivity index (χ3v) is 10.8. The van der Waals surface area contributed by atoms with E-state index < -0.39 is 21.6 Å². The normalized spacial score (nSPS) is 14.4. The van der Waals surface area contributed by atoms with Gasteiger partial charge in [0.25, 0.3) is 0 Å². The Balaban J connectivity index is 0.000000689. The lowest BCUT2D eigenvalue weighted by atomic mass is 9.76. The van der Waals surface area contributed by atoms with Gasteiger partial charge in [0.2, 0.25) is 0 Å². The minimum atomic E-state index is -4.26. The molecule has 0 aromatic heterocycles. The van der Waals surface area contributed by atoms with Crippen LogP contribution >= 0.6 is 0 Å². The van der Waals surface area contributed by atoms with Gasteiger partial charge >= 0.3 is 6.18 Å². The van der Waals surface area contributed by atoms with Gasteiger partial charge in [-0.25, -0.2) is 8.42 Å². The Bertz CT molecular complexity index is 1600. The van der Waals surface area contributed by atoms with Crippen molar-refractivity contribution in [2.45, 2.75) is 184 Å². The lowest BCUT2D eigenvalue weighted by Gasteiger charge is -2.29. The van der Waals surface area contributed by atoms with Crippen molar-refractivity contribution in [3.8, 4) is 0 Å². The third-order valence-electron chi connectivity index (χ3n) is 9.71. The Labute approximate surface area is 331 Å². The van der Waals surface area contributed by atoms with Crippen molar-refractivity contribution in [3.05, 3.63) is 99.6 Å². The van der Waals surface area contributed by atoms with Crippen LogP contribution in [0.2, 0.25) is 0 Å². The van der Waals surface area contributed by atoms with Crippen molar-refractivity contribution in [2.75, 3.05) is 6.26 Å². The summed E-state index contributed by atoms with van der Waals surface area (Å²) in [6.07, 6.45) is 5.81. The number of aryl methyl sites for hydroxylation is 3. The van der Waals surface area contributed by atoms with Gasteiger partial charge in [0.15, 0.2) is 9.84 Å². The molecule has 0 spiro atoms. The van der Waals surface area contributed by atoms with Crippen LogP contribution in [0.1, 0.15) is 174 Å². The summed E-state index contributed by atoms with van der Waals surface area (Å²) in [5.74, 6) is 0.991. The molecule has 3 aromatic rings. The second-order valence-electron chi connectivity index (χ2n) is 19.0. The van der Waals surface area contributed by atoms with Gasteiger partial charge in [-0.15, -0.1) is 0 Å². The van der Waals surface area contributed by atoms with Crippen LogP contribution in [0.3, 0.4) is 0 Å². The maximum atomic E-state index is 12.5. The zero-order valence-corrected chi connectivity index (χ0v) is 38.3. The Kier molecular flexibility index (Phi) is 20.1. The lowest BCUT2D eigenvalue weighted by molar-refractivity contribution is -0.137. The van der Waals surface area contributed by atoms with Crippen LogP contribution in [-0.4, -0.2) is 14.7 Å². The number of rotatable bonds is 1. The molecule has 0 bridgehead atoms. The summed E-state index contributed by atoms with van der Waals surface area (Å²) in [5, 5.41) is 0. The standard InChI is InChI=1S/C15H24.C12H15F3.C11H22.C8H10O2S.C2H6/c1-11-8-9-12(14(2,3)4)10-13(11)15(5,6)7;1-8-5-9(11(2,3)4)7-10(6-8)12(13,14)15;1-11(2,3)10-8-6-4-5-7-9-10;1-7-3-5-8(6-4-7)11(2,9)10;1-2/h8-10H,1-7H3;5-7H,1-4H3;10H,4-9H2,1-3H3;3-6H,1-2H3;1-2H3. The molecule has 1 aliphatic carbocycles. The van der Waals surface area contributed by atoms with Crippen LogP contribution < -0.4 is 0 Å². The summed E-state index contributed by atoms with van der Waals surface area (Å²) in [6, 6.07) is 17.9. The van der Waals surface area contributed by atoms with Crippen LogP contribution in [0, 0.1) is 32.1 Å². The van der Waals surface area contributed by atoms with Crippen LogP contribution in [-0.2, 0) is 32.3 Å². The van der Waals surface area contributed by atoms with E-state index in [0.29, 0.717) is 15.9 Å². The number of benzene rings is 3. The van der Waals surface area contributed by atoms with E-state index in [1.165, 1.54) is 73.6 Å². The fourth-order valence-electron chi connectivity index (χ4n) is 6.21. The summed E-state index contributed by atoms with van der Waals surface area (Å²) in [4.78, 5) is 0.378. The van der Waals surface area contributed by atoms with Gasteiger partial charge in [0, 0.05) is 6.26 Å². The second kappa shape index (κ2) is 21.1. The van der Waals surface area contributed by atoms with Gasteiger partial charge in [0.05, 0.1) is 10.5 Å². The molecule has 3 aromatic carbocycles. The first-order chi connectivity index (χ1) is 24.3. The third kappa shape index (κ3) is 19.3.